The maximum Gasteiger partial charge on any atom is 0.323 e. The van der Waals surface area contributed by atoms with E-state index in [0.29, 0.717) is 6.54 Å². The average Bonchev–Trinajstić information content (AvgIpc) is 2.47. The van der Waals surface area contributed by atoms with Gasteiger partial charge in [0.05, 0.1) is 13.2 Å². The molecule has 0 heterocycles. The van der Waals surface area contributed by atoms with Crippen LogP contribution in [-0.2, 0) is 16.1 Å². The van der Waals surface area contributed by atoms with E-state index in [2.05, 4.69) is 12.2 Å². The second-order valence-corrected chi connectivity index (χ2v) is 5.58. The van der Waals surface area contributed by atoms with Crippen LogP contribution in [0, 0.1) is 5.92 Å². The number of nitrogens with one attached hydrogen (secondary N) is 1. The van der Waals surface area contributed by atoms with Crippen molar-refractivity contribution in [3.05, 3.63) is 29.8 Å². The zero-order chi connectivity index (χ0) is 15.8. The van der Waals surface area contributed by atoms with Crippen molar-refractivity contribution in [1.29, 1.82) is 0 Å². The number of benzene rings is 1. The van der Waals surface area contributed by atoms with E-state index < -0.39 is 0 Å². The van der Waals surface area contributed by atoms with Crippen molar-refractivity contribution in [3.63, 3.8) is 0 Å². The molecule has 4 nitrogen and oxygen atoms in total. The first-order valence-electron chi connectivity index (χ1n) is 7.54. The third-order valence-electron chi connectivity index (χ3n) is 3.49. The van der Waals surface area contributed by atoms with Crippen LogP contribution in [0.25, 0.3) is 0 Å². The molecule has 4 heteroatoms. The number of hydrogen-bond acceptors (Lipinski definition) is 4. The number of carbonyl (C=O) groups is 1. The summed E-state index contributed by atoms with van der Waals surface area (Å²) in [6.45, 7) is 8.76. The van der Waals surface area contributed by atoms with Crippen LogP contribution < -0.4 is 10.1 Å². The highest BCUT2D eigenvalue weighted by molar-refractivity contribution is 5.75. The lowest BCUT2D eigenvalue weighted by Crippen LogP contribution is -2.42. The van der Waals surface area contributed by atoms with Crippen LogP contribution in [0.15, 0.2) is 24.3 Å². The first-order valence-corrected chi connectivity index (χ1v) is 7.54. The first-order chi connectivity index (χ1) is 9.97. The SMILES string of the molecule is CCC(C)C(NCc1ccc(OC(C)C)cc1)C(=O)OC. The molecule has 0 aromatic heterocycles. The Morgan fingerprint density at radius 3 is 2.29 bits per heavy atom. The summed E-state index contributed by atoms with van der Waals surface area (Å²) in [5.41, 5.74) is 1.11. The highest BCUT2D eigenvalue weighted by atomic mass is 16.5. The standard InChI is InChI=1S/C17H27NO3/c1-6-13(4)16(17(19)20-5)18-11-14-7-9-15(10-8-14)21-12(2)3/h7-10,12-13,16,18H,6,11H2,1-5H3. The Labute approximate surface area is 127 Å². The Morgan fingerprint density at radius 2 is 1.81 bits per heavy atom. The van der Waals surface area contributed by atoms with Crippen LogP contribution in [0.2, 0.25) is 0 Å². The maximum absolute atomic E-state index is 11.8. The normalized spacial score (nSPS) is 13.8. The smallest absolute Gasteiger partial charge is 0.323 e. The molecular formula is C17H27NO3. The monoisotopic (exact) mass is 293 g/mol. The fourth-order valence-electron chi connectivity index (χ4n) is 2.07. The van der Waals surface area contributed by atoms with Crippen LogP contribution in [0.1, 0.15) is 39.7 Å². The van der Waals surface area contributed by atoms with Crippen molar-refractivity contribution in [2.45, 2.75) is 52.8 Å². The molecule has 0 spiro atoms. The molecule has 0 radical (unpaired) electrons. The first kappa shape index (κ1) is 17.5. The second kappa shape index (κ2) is 8.67. The van der Waals surface area contributed by atoms with Crippen molar-refractivity contribution in [2.75, 3.05) is 7.11 Å². The van der Waals surface area contributed by atoms with Gasteiger partial charge >= 0.3 is 5.97 Å². The van der Waals surface area contributed by atoms with Gasteiger partial charge in [0.15, 0.2) is 0 Å². The Balaban J connectivity index is 2.61. The molecule has 2 unspecified atom stereocenters. The number of carbonyl (C=O) groups excluding carboxylic acids is 1. The van der Waals surface area contributed by atoms with E-state index in [0.717, 1.165) is 17.7 Å². The minimum absolute atomic E-state index is 0.170. The molecule has 0 amide bonds. The van der Waals surface area contributed by atoms with Gasteiger partial charge in [0.25, 0.3) is 0 Å². The summed E-state index contributed by atoms with van der Waals surface area (Å²) in [4.78, 5) is 11.8. The van der Waals surface area contributed by atoms with Gasteiger partial charge in [-0.05, 0) is 37.5 Å². The fraction of sp³-hybridized carbons (Fsp3) is 0.588. The zero-order valence-electron chi connectivity index (χ0n) is 13.7. The minimum Gasteiger partial charge on any atom is -0.491 e. The van der Waals surface area contributed by atoms with Gasteiger partial charge in [-0.25, -0.2) is 0 Å². The molecular weight excluding hydrogens is 266 g/mol. The van der Waals surface area contributed by atoms with E-state index in [1.165, 1.54) is 7.11 Å². The summed E-state index contributed by atoms with van der Waals surface area (Å²) in [5, 5.41) is 3.28. The van der Waals surface area contributed by atoms with Crippen molar-refractivity contribution >= 4 is 5.97 Å². The summed E-state index contributed by atoms with van der Waals surface area (Å²) >= 11 is 0. The zero-order valence-corrected chi connectivity index (χ0v) is 13.7. The van der Waals surface area contributed by atoms with Crippen molar-refractivity contribution < 1.29 is 14.3 Å². The lowest BCUT2D eigenvalue weighted by molar-refractivity contribution is -0.144. The third kappa shape index (κ3) is 5.76. The van der Waals surface area contributed by atoms with Crippen LogP contribution in [0.4, 0.5) is 0 Å². The molecule has 1 aromatic rings. The quantitative estimate of drug-likeness (QED) is 0.748. The number of methoxy groups -OCH3 is 1. The molecule has 0 aliphatic heterocycles. The largest absolute Gasteiger partial charge is 0.491 e. The molecule has 21 heavy (non-hydrogen) atoms. The molecule has 1 aromatic carbocycles. The van der Waals surface area contributed by atoms with E-state index in [1.807, 2.05) is 45.0 Å². The summed E-state index contributed by atoms with van der Waals surface area (Å²) < 4.78 is 10.5. The maximum atomic E-state index is 11.8. The lowest BCUT2D eigenvalue weighted by Gasteiger charge is -2.22. The van der Waals surface area contributed by atoms with Gasteiger partial charge in [-0.2, -0.15) is 0 Å². The predicted octanol–water partition coefficient (Wildman–Crippen LogP) is 3.15. The lowest BCUT2D eigenvalue weighted by atomic mass is 9.99. The Hall–Kier alpha value is -1.55. The van der Waals surface area contributed by atoms with Gasteiger partial charge in [0.2, 0.25) is 0 Å². The van der Waals surface area contributed by atoms with Gasteiger partial charge in [0.1, 0.15) is 11.8 Å². The predicted molar refractivity (Wildman–Crippen MR) is 84.3 cm³/mol. The van der Waals surface area contributed by atoms with Gasteiger partial charge < -0.3 is 14.8 Å². The Bertz CT molecular complexity index is 428. The average molecular weight is 293 g/mol. The summed E-state index contributed by atoms with van der Waals surface area (Å²) in [5.74, 6) is 0.894. The van der Waals surface area contributed by atoms with Crippen LogP contribution in [-0.4, -0.2) is 25.2 Å². The van der Waals surface area contributed by atoms with E-state index >= 15 is 0 Å². The molecule has 0 saturated heterocycles. The topological polar surface area (TPSA) is 47.6 Å². The summed E-state index contributed by atoms with van der Waals surface area (Å²) in [7, 11) is 1.43. The van der Waals surface area contributed by atoms with Gasteiger partial charge in [-0.15, -0.1) is 0 Å². The number of rotatable bonds is 8. The van der Waals surface area contributed by atoms with Gasteiger partial charge in [-0.1, -0.05) is 32.4 Å². The number of ether oxygens (including phenoxy) is 2. The number of hydrogen-bond donors (Lipinski definition) is 1. The molecule has 1 N–H and O–H groups in total. The highest BCUT2D eigenvalue weighted by Gasteiger charge is 2.23. The van der Waals surface area contributed by atoms with Crippen molar-refractivity contribution in [2.24, 2.45) is 5.92 Å². The van der Waals surface area contributed by atoms with Gasteiger partial charge in [-0.3, -0.25) is 4.79 Å². The highest BCUT2D eigenvalue weighted by Crippen LogP contribution is 2.15. The molecule has 0 bridgehead atoms. The summed E-state index contributed by atoms with van der Waals surface area (Å²) in [6, 6.07) is 7.65. The molecule has 0 fully saturated rings. The van der Waals surface area contributed by atoms with Crippen LogP contribution in [0.5, 0.6) is 5.75 Å². The molecule has 0 aliphatic rings. The number of esters is 1. The van der Waals surface area contributed by atoms with E-state index in [4.69, 9.17) is 9.47 Å². The van der Waals surface area contributed by atoms with E-state index in [-0.39, 0.29) is 24.0 Å². The molecule has 0 aliphatic carbocycles. The van der Waals surface area contributed by atoms with Crippen molar-refractivity contribution in [3.8, 4) is 5.75 Å². The molecule has 0 saturated carbocycles. The Morgan fingerprint density at radius 1 is 1.19 bits per heavy atom. The van der Waals surface area contributed by atoms with Crippen LogP contribution in [0.3, 0.4) is 0 Å². The van der Waals surface area contributed by atoms with E-state index in [1.54, 1.807) is 0 Å². The minimum atomic E-state index is -0.272. The fourth-order valence-corrected chi connectivity index (χ4v) is 2.07. The molecule has 118 valence electrons. The van der Waals surface area contributed by atoms with Gasteiger partial charge in [0, 0.05) is 6.54 Å². The molecule has 2 atom stereocenters. The van der Waals surface area contributed by atoms with Crippen LogP contribution >= 0.6 is 0 Å². The van der Waals surface area contributed by atoms with Crippen molar-refractivity contribution in [1.82, 2.24) is 5.32 Å². The summed E-state index contributed by atoms with van der Waals surface area (Å²) in [6.07, 6.45) is 1.09. The second-order valence-electron chi connectivity index (χ2n) is 5.58. The Kier molecular flexibility index (Phi) is 7.23. The van der Waals surface area contributed by atoms with E-state index in [9.17, 15) is 4.79 Å². The molecule has 1 rings (SSSR count). The third-order valence-corrected chi connectivity index (χ3v) is 3.49.